The van der Waals surface area contributed by atoms with Gasteiger partial charge in [0.25, 0.3) is 5.91 Å². The molecule has 1 heterocycles. The minimum atomic E-state index is -4.52. The maximum absolute atomic E-state index is 13.2. The van der Waals surface area contributed by atoms with Crippen molar-refractivity contribution in [2.75, 3.05) is 42.3 Å². The van der Waals surface area contributed by atoms with Gasteiger partial charge in [0.05, 0.1) is 11.1 Å². The molecule has 38 heavy (non-hydrogen) atoms. The Balaban J connectivity index is 1.53. The maximum Gasteiger partial charge on any atom is 0.416 e. The lowest BCUT2D eigenvalue weighted by molar-refractivity contribution is -0.137. The number of hydrogen-bond donors (Lipinski definition) is 3. The standard InChI is InChI=1S/C28H29F3N4O3/c1-38-15-5-13-32-26(36)24-17-23(34-27(37)33-22-9-4-8-21(16-22)28(29,30)31)10-11-25(24)35-14-12-19-6-2-3-7-20(19)18-35/h2-4,6-11,16-17H,5,12-15,18H2,1H3,(H,32,36)(H2,33,34,37). The summed E-state index contributed by atoms with van der Waals surface area (Å²) in [5.74, 6) is -0.295. The van der Waals surface area contributed by atoms with Crippen LogP contribution in [0.2, 0.25) is 0 Å². The van der Waals surface area contributed by atoms with Crippen molar-refractivity contribution in [3.63, 3.8) is 0 Å². The monoisotopic (exact) mass is 526 g/mol. The van der Waals surface area contributed by atoms with Crippen LogP contribution >= 0.6 is 0 Å². The molecule has 0 spiro atoms. The van der Waals surface area contributed by atoms with Crippen molar-refractivity contribution in [3.8, 4) is 0 Å². The molecular weight excluding hydrogens is 497 g/mol. The number of carbonyl (C=O) groups is 2. The third kappa shape index (κ3) is 6.83. The smallest absolute Gasteiger partial charge is 0.385 e. The van der Waals surface area contributed by atoms with Gasteiger partial charge in [0.15, 0.2) is 0 Å². The topological polar surface area (TPSA) is 82.7 Å². The molecule has 1 aliphatic heterocycles. The number of hydrogen-bond acceptors (Lipinski definition) is 4. The summed E-state index contributed by atoms with van der Waals surface area (Å²) in [6.07, 6.45) is -3.04. The van der Waals surface area contributed by atoms with E-state index in [1.54, 1.807) is 25.3 Å². The molecule has 10 heteroatoms. The SMILES string of the molecule is COCCCNC(=O)c1cc(NC(=O)Nc2cccc(C(F)(F)F)c2)ccc1N1CCc2ccccc2C1. The molecule has 3 aromatic rings. The van der Waals surface area contributed by atoms with Crippen LogP contribution in [0.15, 0.2) is 66.7 Å². The van der Waals surface area contributed by atoms with E-state index in [1.807, 2.05) is 12.1 Å². The Bertz CT molecular complexity index is 1300. The third-order valence-electron chi connectivity index (χ3n) is 6.23. The fourth-order valence-corrected chi connectivity index (χ4v) is 4.35. The predicted octanol–water partition coefficient (Wildman–Crippen LogP) is 5.68. The zero-order chi connectivity index (χ0) is 27.1. The Morgan fingerprint density at radius 3 is 2.42 bits per heavy atom. The number of ether oxygens (including phenoxy) is 1. The van der Waals surface area contributed by atoms with E-state index in [4.69, 9.17) is 4.74 Å². The van der Waals surface area contributed by atoms with E-state index in [0.29, 0.717) is 37.4 Å². The normalized spacial score (nSPS) is 13.0. The molecule has 3 aromatic carbocycles. The second-order valence-corrected chi connectivity index (χ2v) is 8.93. The van der Waals surface area contributed by atoms with Gasteiger partial charge in [-0.2, -0.15) is 13.2 Å². The summed E-state index contributed by atoms with van der Waals surface area (Å²) in [4.78, 5) is 27.9. The molecule has 0 saturated heterocycles. The fraction of sp³-hybridized carbons (Fsp3) is 0.286. The zero-order valence-electron chi connectivity index (χ0n) is 20.9. The first kappa shape index (κ1) is 27.0. The van der Waals surface area contributed by atoms with Crippen LogP contribution in [0.1, 0.15) is 33.5 Å². The highest BCUT2D eigenvalue weighted by molar-refractivity contribution is 6.04. The minimum Gasteiger partial charge on any atom is -0.385 e. The number of rotatable bonds is 8. The molecular formula is C28H29F3N4O3. The largest absolute Gasteiger partial charge is 0.416 e. The number of methoxy groups -OCH3 is 1. The minimum absolute atomic E-state index is 0.00274. The third-order valence-corrected chi connectivity index (χ3v) is 6.23. The molecule has 4 rings (SSSR count). The molecule has 0 aromatic heterocycles. The number of carbonyl (C=O) groups excluding carboxylic acids is 2. The van der Waals surface area contributed by atoms with Gasteiger partial charge in [-0.05, 0) is 60.4 Å². The lowest BCUT2D eigenvalue weighted by atomic mass is 9.98. The lowest BCUT2D eigenvalue weighted by Gasteiger charge is -2.32. The number of nitrogens with zero attached hydrogens (tertiary/aromatic N) is 1. The molecule has 0 saturated carbocycles. The molecule has 0 aliphatic carbocycles. The molecule has 0 radical (unpaired) electrons. The lowest BCUT2D eigenvalue weighted by Crippen LogP contribution is -2.33. The first-order valence-corrected chi connectivity index (χ1v) is 12.2. The van der Waals surface area contributed by atoms with Gasteiger partial charge in [0.1, 0.15) is 0 Å². The van der Waals surface area contributed by atoms with Crippen molar-refractivity contribution < 1.29 is 27.5 Å². The van der Waals surface area contributed by atoms with Crippen LogP contribution in [-0.4, -0.2) is 38.7 Å². The van der Waals surface area contributed by atoms with E-state index in [9.17, 15) is 22.8 Å². The molecule has 200 valence electrons. The van der Waals surface area contributed by atoms with Crippen molar-refractivity contribution in [1.29, 1.82) is 0 Å². The second kappa shape index (κ2) is 12.0. The summed E-state index contributed by atoms with van der Waals surface area (Å²) in [6, 6.07) is 16.8. The fourth-order valence-electron chi connectivity index (χ4n) is 4.35. The van der Waals surface area contributed by atoms with Gasteiger partial charge in [-0.25, -0.2) is 4.79 Å². The molecule has 0 fully saturated rings. The molecule has 0 bridgehead atoms. The van der Waals surface area contributed by atoms with E-state index < -0.39 is 17.8 Å². The number of alkyl halides is 3. The van der Waals surface area contributed by atoms with Gasteiger partial charge in [-0.1, -0.05) is 30.3 Å². The molecule has 7 nitrogen and oxygen atoms in total. The quantitative estimate of drug-likeness (QED) is 0.330. The van der Waals surface area contributed by atoms with E-state index in [1.165, 1.54) is 23.3 Å². The Morgan fingerprint density at radius 2 is 1.68 bits per heavy atom. The molecule has 0 unspecified atom stereocenters. The van der Waals surface area contributed by atoms with E-state index in [2.05, 4.69) is 33.0 Å². The number of nitrogens with one attached hydrogen (secondary N) is 3. The summed E-state index contributed by atoms with van der Waals surface area (Å²) < 4.78 is 44.0. The Labute approximate surface area is 219 Å². The van der Waals surface area contributed by atoms with E-state index >= 15 is 0 Å². The number of urea groups is 1. The summed E-state index contributed by atoms with van der Waals surface area (Å²) in [7, 11) is 1.59. The van der Waals surface area contributed by atoms with E-state index in [0.717, 1.165) is 30.8 Å². The van der Waals surface area contributed by atoms with Crippen LogP contribution in [0.5, 0.6) is 0 Å². The van der Waals surface area contributed by atoms with Gasteiger partial charge in [-0.15, -0.1) is 0 Å². The van der Waals surface area contributed by atoms with Crippen molar-refractivity contribution in [1.82, 2.24) is 5.32 Å². The van der Waals surface area contributed by atoms with Crippen LogP contribution in [0.3, 0.4) is 0 Å². The van der Waals surface area contributed by atoms with Gasteiger partial charge in [0.2, 0.25) is 0 Å². The summed E-state index contributed by atoms with van der Waals surface area (Å²) in [5, 5.41) is 7.92. The average molecular weight is 527 g/mol. The Hall–Kier alpha value is -4.05. The number of halogens is 3. The highest BCUT2D eigenvalue weighted by atomic mass is 19.4. The average Bonchev–Trinajstić information content (AvgIpc) is 2.90. The van der Waals surface area contributed by atoms with Crippen molar-refractivity contribution >= 4 is 29.0 Å². The van der Waals surface area contributed by atoms with Gasteiger partial charge >= 0.3 is 12.2 Å². The first-order valence-electron chi connectivity index (χ1n) is 12.2. The molecule has 3 amide bonds. The van der Waals surface area contributed by atoms with Crippen LogP contribution in [0.4, 0.5) is 35.0 Å². The van der Waals surface area contributed by atoms with Gasteiger partial charge in [0, 0.05) is 50.4 Å². The molecule has 3 N–H and O–H groups in total. The Morgan fingerprint density at radius 1 is 0.947 bits per heavy atom. The van der Waals surface area contributed by atoms with Crippen molar-refractivity contribution in [3.05, 3.63) is 89.0 Å². The van der Waals surface area contributed by atoms with E-state index in [-0.39, 0.29) is 11.6 Å². The predicted molar refractivity (Wildman–Crippen MR) is 141 cm³/mol. The first-order chi connectivity index (χ1) is 18.2. The van der Waals surface area contributed by atoms with Gasteiger partial charge in [-0.3, -0.25) is 4.79 Å². The van der Waals surface area contributed by atoms with Crippen molar-refractivity contribution in [2.24, 2.45) is 0 Å². The number of fused-ring (bicyclic) bond motifs is 1. The van der Waals surface area contributed by atoms with Gasteiger partial charge < -0.3 is 25.6 Å². The summed E-state index contributed by atoms with van der Waals surface area (Å²) in [6.45, 7) is 2.29. The highest BCUT2D eigenvalue weighted by Crippen LogP contribution is 2.31. The van der Waals surface area contributed by atoms with Crippen LogP contribution in [0.25, 0.3) is 0 Å². The maximum atomic E-state index is 13.2. The van der Waals surface area contributed by atoms with Crippen LogP contribution in [-0.2, 0) is 23.9 Å². The molecule has 1 aliphatic rings. The van der Waals surface area contributed by atoms with Crippen LogP contribution < -0.4 is 20.9 Å². The Kier molecular flexibility index (Phi) is 8.52. The second-order valence-electron chi connectivity index (χ2n) is 8.93. The number of anilines is 3. The van der Waals surface area contributed by atoms with Crippen molar-refractivity contribution in [2.45, 2.75) is 25.6 Å². The number of amides is 3. The number of benzene rings is 3. The molecule has 0 atom stereocenters. The van der Waals surface area contributed by atoms with Crippen LogP contribution in [0, 0.1) is 0 Å². The zero-order valence-corrected chi connectivity index (χ0v) is 20.9. The summed E-state index contributed by atoms with van der Waals surface area (Å²) in [5.41, 5.74) is 3.04. The summed E-state index contributed by atoms with van der Waals surface area (Å²) >= 11 is 0. The highest BCUT2D eigenvalue weighted by Gasteiger charge is 2.30.